The zero-order valence-corrected chi connectivity index (χ0v) is 15.1. The predicted octanol–water partition coefficient (Wildman–Crippen LogP) is 2.38. The van der Waals surface area contributed by atoms with Crippen molar-refractivity contribution in [2.45, 2.75) is 18.1 Å². The number of halogens is 1. The molecule has 8 heteroatoms. The highest BCUT2D eigenvalue weighted by atomic mass is 35.5. The highest BCUT2D eigenvalue weighted by molar-refractivity contribution is 7.99. The van der Waals surface area contributed by atoms with Crippen LogP contribution in [0.2, 0.25) is 5.02 Å². The maximum Gasteiger partial charge on any atom is 0.230 e. The van der Waals surface area contributed by atoms with E-state index in [0.717, 1.165) is 11.5 Å². The molecule has 2 aromatic rings. The monoisotopic (exact) mass is 353 g/mol. The third kappa shape index (κ3) is 4.25. The van der Waals surface area contributed by atoms with Crippen molar-refractivity contribution in [3.63, 3.8) is 0 Å². The van der Waals surface area contributed by atoms with Gasteiger partial charge in [-0.1, -0.05) is 23.4 Å². The van der Waals surface area contributed by atoms with Gasteiger partial charge in [0, 0.05) is 17.8 Å². The minimum atomic E-state index is -0.0529. The highest BCUT2D eigenvalue weighted by Gasteiger charge is 2.21. The van der Waals surface area contributed by atoms with Crippen LogP contribution in [0.25, 0.3) is 5.69 Å². The summed E-state index contributed by atoms with van der Waals surface area (Å²) in [4.78, 5) is 13.6. The van der Waals surface area contributed by atoms with Crippen LogP contribution in [0, 0.1) is 0 Å². The minimum Gasteiger partial charge on any atom is -0.358 e. The molecule has 1 aromatic heterocycles. The summed E-state index contributed by atoms with van der Waals surface area (Å²) >= 11 is 7.33. The van der Waals surface area contributed by atoms with Gasteiger partial charge in [-0.25, -0.2) is 0 Å². The molecule has 0 radical (unpaired) electrons. The van der Waals surface area contributed by atoms with Crippen LogP contribution in [0.15, 0.2) is 29.4 Å². The predicted molar refractivity (Wildman–Crippen MR) is 93.3 cm³/mol. The number of aromatic nitrogens is 3. The van der Waals surface area contributed by atoms with Crippen LogP contribution in [0.1, 0.15) is 18.8 Å². The van der Waals surface area contributed by atoms with Crippen molar-refractivity contribution in [2.75, 3.05) is 26.9 Å². The second-order valence-electron chi connectivity index (χ2n) is 5.25. The van der Waals surface area contributed by atoms with Crippen molar-refractivity contribution < 1.29 is 4.79 Å². The largest absolute Gasteiger partial charge is 0.358 e. The molecular formula is C15H20ClN5OS. The van der Waals surface area contributed by atoms with Crippen molar-refractivity contribution in [3.05, 3.63) is 35.1 Å². The van der Waals surface area contributed by atoms with E-state index in [1.807, 2.05) is 42.9 Å². The third-order valence-electron chi connectivity index (χ3n) is 3.50. The van der Waals surface area contributed by atoms with Gasteiger partial charge in [-0.05, 0) is 45.3 Å². The molecule has 1 amide bonds. The SMILES string of the molecule is CNC(=O)CSc1nnc([C@@H](C)N(C)C)n1-c1ccc(Cl)cc1. The summed E-state index contributed by atoms with van der Waals surface area (Å²) in [6.45, 7) is 2.06. The molecule has 1 aromatic carbocycles. The van der Waals surface area contributed by atoms with Crippen LogP contribution in [-0.4, -0.2) is 52.5 Å². The Hall–Kier alpha value is -1.57. The molecule has 0 aliphatic carbocycles. The molecule has 1 N–H and O–H groups in total. The number of nitrogens with one attached hydrogen (secondary N) is 1. The van der Waals surface area contributed by atoms with Crippen LogP contribution >= 0.6 is 23.4 Å². The molecule has 0 aliphatic heterocycles. The number of thioether (sulfide) groups is 1. The Morgan fingerprint density at radius 1 is 1.35 bits per heavy atom. The molecule has 6 nitrogen and oxygen atoms in total. The standard InChI is InChI=1S/C15H20ClN5OS/c1-10(20(3)4)14-18-19-15(23-9-13(22)17-2)21(14)12-7-5-11(16)6-8-12/h5-8,10H,9H2,1-4H3,(H,17,22)/t10-/m1/s1. The van der Waals surface area contributed by atoms with E-state index in [9.17, 15) is 4.79 Å². The van der Waals surface area contributed by atoms with E-state index in [-0.39, 0.29) is 11.9 Å². The zero-order chi connectivity index (χ0) is 17.0. The van der Waals surface area contributed by atoms with Crippen LogP contribution in [0.3, 0.4) is 0 Å². The molecule has 0 spiro atoms. The van der Waals surface area contributed by atoms with Gasteiger partial charge in [0.2, 0.25) is 5.91 Å². The van der Waals surface area contributed by atoms with E-state index in [4.69, 9.17) is 11.6 Å². The highest BCUT2D eigenvalue weighted by Crippen LogP contribution is 2.27. The van der Waals surface area contributed by atoms with Gasteiger partial charge in [0.25, 0.3) is 0 Å². The maximum absolute atomic E-state index is 11.5. The fourth-order valence-corrected chi connectivity index (χ4v) is 2.87. The Morgan fingerprint density at radius 2 is 2.00 bits per heavy atom. The topological polar surface area (TPSA) is 63.1 Å². The lowest BCUT2D eigenvalue weighted by molar-refractivity contribution is -0.118. The van der Waals surface area contributed by atoms with Crippen molar-refractivity contribution in [1.82, 2.24) is 25.0 Å². The van der Waals surface area contributed by atoms with Gasteiger partial charge in [0.05, 0.1) is 11.8 Å². The Balaban J connectivity index is 2.42. The number of carbonyl (C=O) groups is 1. The number of carbonyl (C=O) groups excluding carboxylic acids is 1. The third-order valence-corrected chi connectivity index (χ3v) is 4.68. The van der Waals surface area contributed by atoms with E-state index in [2.05, 4.69) is 27.3 Å². The number of nitrogens with zero attached hydrogens (tertiary/aromatic N) is 4. The molecule has 1 heterocycles. The van der Waals surface area contributed by atoms with Gasteiger partial charge in [0.1, 0.15) is 0 Å². The fraction of sp³-hybridized carbons (Fsp3) is 0.400. The molecule has 0 saturated carbocycles. The van der Waals surface area contributed by atoms with Crippen molar-refractivity contribution in [2.24, 2.45) is 0 Å². The average Bonchev–Trinajstić information content (AvgIpc) is 2.96. The first-order valence-corrected chi connectivity index (χ1v) is 8.51. The van der Waals surface area contributed by atoms with Crippen LogP contribution in [0.4, 0.5) is 0 Å². The summed E-state index contributed by atoms with van der Waals surface area (Å²) in [5, 5.41) is 12.5. The van der Waals surface area contributed by atoms with Crippen molar-refractivity contribution in [3.8, 4) is 5.69 Å². The first kappa shape index (κ1) is 17.8. The summed E-state index contributed by atoms with van der Waals surface area (Å²) in [6, 6.07) is 7.57. The lowest BCUT2D eigenvalue weighted by atomic mass is 10.2. The normalized spacial score (nSPS) is 12.4. The Morgan fingerprint density at radius 3 is 2.57 bits per heavy atom. The molecule has 124 valence electrons. The molecule has 0 unspecified atom stereocenters. The molecular weight excluding hydrogens is 334 g/mol. The van der Waals surface area contributed by atoms with Gasteiger partial charge in [-0.3, -0.25) is 14.3 Å². The van der Waals surface area contributed by atoms with E-state index < -0.39 is 0 Å². The lowest BCUT2D eigenvalue weighted by Gasteiger charge is -2.20. The van der Waals surface area contributed by atoms with Gasteiger partial charge in [-0.15, -0.1) is 10.2 Å². The number of rotatable bonds is 6. The van der Waals surface area contributed by atoms with Gasteiger partial charge < -0.3 is 5.32 Å². The fourth-order valence-electron chi connectivity index (χ4n) is 1.91. The Kier molecular flexibility index (Phi) is 6.04. The summed E-state index contributed by atoms with van der Waals surface area (Å²) in [6.07, 6.45) is 0. The van der Waals surface area contributed by atoms with E-state index >= 15 is 0 Å². The minimum absolute atomic E-state index is 0.0529. The zero-order valence-electron chi connectivity index (χ0n) is 13.6. The lowest BCUT2D eigenvalue weighted by Crippen LogP contribution is -2.21. The smallest absolute Gasteiger partial charge is 0.230 e. The van der Waals surface area contributed by atoms with Crippen LogP contribution in [0.5, 0.6) is 0 Å². The average molecular weight is 354 g/mol. The second kappa shape index (κ2) is 7.81. The van der Waals surface area contributed by atoms with Crippen LogP contribution in [-0.2, 0) is 4.79 Å². The van der Waals surface area contributed by atoms with Crippen molar-refractivity contribution >= 4 is 29.3 Å². The van der Waals surface area contributed by atoms with Gasteiger partial charge >= 0.3 is 0 Å². The van der Waals surface area contributed by atoms with Crippen molar-refractivity contribution in [1.29, 1.82) is 0 Å². The van der Waals surface area contributed by atoms with E-state index in [0.29, 0.717) is 15.9 Å². The summed E-state index contributed by atoms with van der Waals surface area (Å²) < 4.78 is 1.97. The molecule has 0 bridgehead atoms. The number of hydrogen-bond acceptors (Lipinski definition) is 5. The Bertz CT molecular complexity index is 671. The molecule has 0 aliphatic rings. The molecule has 1 atom stereocenters. The molecule has 0 saturated heterocycles. The van der Waals surface area contributed by atoms with E-state index in [1.54, 1.807) is 7.05 Å². The summed E-state index contributed by atoms with van der Waals surface area (Å²) in [7, 11) is 5.60. The molecule has 2 rings (SSSR count). The first-order chi connectivity index (χ1) is 10.9. The van der Waals surface area contributed by atoms with Gasteiger partial charge in [-0.2, -0.15) is 0 Å². The first-order valence-electron chi connectivity index (χ1n) is 7.15. The number of hydrogen-bond donors (Lipinski definition) is 1. The maximum atomic E-state index is 11.5. The van der Waals surface area contributed by atoms with Gasteiger partial charge in [0.15, 0.2) is 11.0 Å². The van der Waals surface area contributed by atoms with E-state index in [1.165, 1.54) is 11.8 Å². The molecule has 23 heavy (non-hydrogen) atoms. The second-order valence-corrected chi connectivity index (χ2v) is 6.63. The van der Waals surface area contributed by atoms with Crippen LogP contribution < -0.4 is 5.32 Å². The summed E-state index contributed by atoms with van der Waals surface area (Å²) in [5.41, 5.74) is 0.919. The number of benzene rings is 1. The Labute approximate surface area is 145 Å². The quantitative estimate of drug-likeness (QED) is 0.808. The molecule has 0 fully saturated rings. The summed E-state index contributed by atoms with van der Waals surface area (Å²) in [5.74, 6) is 1.05. The number of amides is 1.